The van der Waals surface area contributed by atoms with Gasteiger partial charge in [0.1, 0.15) is 5.75 Å². The van der Waals surface area contributed by atoms with E-state index < -0.39 is 0 Å². The molecule has 1 amide bonds. The third-order valence-corrected chi connectivity index (χ3v) is 4.53. The Kier molecular flexibility index (Phi) is 4.74. The van der Waals surface area contributed by atoms with Gasteiger partial charge in [-0.25, -0.2) is 0 Å². The number of methoxy groups -OCH3 is 1. The molecule has 0 saturated heterocycles. The lowest BCUT2D eigenvalue weighted by molar-refractivity contribution is 0.0943. The molecule has 1 atom stereocenters. The van der Waals surface area contributed by atoms with E-state index in [2.05, 4.69) is 5.32 Å². The number of benzene rings is 2. The number of nitrogens with one attached hydrogen (secondary N) is 1. The zero-order valence-corrected chi connectivity index (χ0v) is 13.5. The van der Waals surface area contributed by atoms with Crippen LogP contribution >= 0.6 is 11.3 Å². The smallest absolute Gasteiger partial charge is 0.252 e. The Hall–Kier alpha value is -2.59. The second-order valence-electron chi connectivity index (χ2n) is 5.06. The van der Waals surface area contributed by atoms with E-state index in [9.17, 15) is 4.79 Å². The third-order valence-electron chi connectivity index (χ3n) is 3.59. The van der Waals surface area contributed by atoms with Crippen molar-refractivity contribution in [3.05, 3.63) is 88.1 Å². The van der Waals surface area contributed by atoms with Crippen molar-refractivity contribution < 1.29 is 9.53 Å². The summed E-state index contributed by atoms with van der Waals surface area (Å²) in [6, 6.07) is 21.0. The van der Waals surface area contributed by atoms with Crippen LogP contribution in [0.15, 0.2) is 72.1 Å². The number of hydrogen-bond donors (Lipinski definition) is 1. The van der Waals surface area contributed by atoms with Gasteiger partial charge in [0.05, 0.1) is 13.2 Å². The molecule has 23 heavy (non-hydrogen) atoms. The standard InChI is InChI=1S/C19H17NO2S/c1-22-16-11-9-15(10-12-16)19(21)20-18(17-8-5-13-23-17)14-6-3-2-4-7-14/h2-13,18H,1H3,(H,20,21)/t18-/m0/s1. The number of ether oxygens (including phenoxy) is 1. The zero-order valence-electron chi connectivity index (χ0n) is 12.7. The summed E-state index contributed by atoms with van der Waals surface area (Å²) >= 11 is 1.63. The first-order valence-corrected chi connectivity index (χ1v) is 8.19. The predicted octanol–water partition coefficient (Wildman–Crippen LogP) is 4.28. The van der Waals surface area contributed by atoms with E-state index in [1.807, 2.05) is 47.8 Å². The van der Waals surface area contributed by atoms with Crippen molar-refractivity contribution in [2.45, 2.75) is 6.04 Å². The van der Waals surface area contributed by atoms with Crippen molar-refractivity contribution in [1.29, 1.82) is 0 Å². The first-order valence-electron chi connectivity index (χ1n) is 7.31. The molecule has 0 fully saturated rings. The molecule has 0 aliphatic carbocycles. The average molecular weight is 323 g/mol. The van der Waals surface area contributed by atoms with Gasteiger partial charge in [-0.15, -0.1) is 11.3 Å². The van der Waals surface area contributed by atoms with Gasteiger partial charge in [-0.05, 0) is 41.3 Å². The van der Waals surface area contributed by atoms with E-state index in [4.69, 9.17) is 4.74 Å². The predicted molar refractivity (Wildman–Crippen MR) is 93.1 cm³/mol. The summed E-state index contributed by atoms with van der Waals surface area (Å²) in [7, 11) is 1.61. The molecule has 0 radical (unpaired) electrons. The van der Waals surface area contributed by atoms with Crippen molar-refractivity contribution >= 4 is 17.2 Å². The molecular weight excluding hydrogens is 306 g/mol. The van der Waals surface area contributed by atoms with Crippen molar-refractivity contribution in [3.8, 4) is 5.75 Å². The van der Waals surface area contributed by atoms with Crippen LogP contribution in [0.5, 0.6) is 5.75 Å². The van der Waals surface area contributed by atoms with Crippen LogP contribution in [0.4, 0.5) is 0 Å². The first-order chi connectivity index (χ1) is 11.3. The highest BCUT2D eigenvalue weighted by Gasteiger charge is 2.18. The van der Waals surface area contributed by atoms with Crippen LogP contribution in [-0.4, -0.2) is 13.0 Å². The molecule has 0 bridgehead atoms. The van der Waals surface area contributed by atoms with Crippen molar-refractivity contribution in [2.24, 2.45) is 0 Å². The van der Waals surface area contributed by atoms with E-state index in [1.54, 1.807) is 42.7 Å². The molecule has 3 nitrogen and oxygen atoms in total. The number of carbonyl (C=O) groups excluding carboxylic acids is 1. The normalized spacial score (nSPS) is 11.7. The number of thiophene rings is 1. The summed E-state index contributed by atoms with van der Waals surface area (Å²) < 4.78 is 5.13. The maximum absolute atomic E-state index is 12.6. The Balaban J connectivity index is 1.85. The lowest BCUT2D eigenvalue weighted by Gasteiger charge is -2.18. The van der Waals surface area contributed by atoms with Crippen LogP contribution in [0.2, 0.25) is 0 Å². The van der Waals surface area contributed by atoms with Crippen LogP contribution in [0.3, 0.4) is 0 Å². The minimum Gasteiger partial charge on any atom is -0.497 e. The molecule has 2 aromatic carbocycles. The summed E-state index contributed by atoms with van der Waals surface area (Å²) in [5.74, 6) is 0.634. The lowest BCUT2D eigenvalue weighted by atomic mass is 10.0. The summed E-state index contributed by atoms with van der Waals surface area (Å²) in [4.78, 5) is 13.7. The summed E-state index contributed by atoms with van der Waals surface area (Å²) in [6.45, 7) is 0. The molecule has 4 heteroatoms. The molecular formula is C19H17NO2S. The average Bonchev–Trinajstić information content (AvgIpc) is 3.14. The molecule has 0 unspecified atom stereocenters. The van der Waals surface area contributed by atoms with Crippen LogP contribution < -0.4 is 10.1 Å². The highest BCUT2D eigenvalue weighted by molar-refractivity contribution is 7.10. The second kappa shape index (κ2) is 7.11. The van der Waals surface area contributed by atoms with Crippen molar-refractivity contribution in [3.63, 3.8) is 0 Å². The fourth-order valence-electron chi connectivity index (χ4n) is 2.38. The minimum absolute atomic E-state index is 0.102. The van der Waals surface area contributed by atoms with Gasteiger partial charge in [0.15, 0.2) is 0 Å². The summed E-state index contributed by atoms with van der Waals surface area (Å²) in [6.07, 6.45) is 0. The van der Waals surface area contributed by atoms with Gasteiger partial charge < -0.3 is 10.1 Å². The Bertz CT molecular complexity index is 752. The Morgan fingerprint density at radius 3 is 2.35 bits per heavy atom. The van der Waals surface area contributed by atoms with Gasteiger partial charge in [-0.2, -0.15) is 0 Å². The zero-order chi connectivity index (χ0) is 16.1. The van der Waals surface area contributed by atoms with Crippen molar-refractivity contribution in [2.75, 3.05) is 7.11 Å². The molecule has 3 rings (SSSR count). The monoisotopic (exact) mass is 323 g/mol. The van der Waals surface area contributed by atoms with Gasteiger partial charge in [0.25, 0.3) is 5.91 Å². The molecule has 116 valence electrons. The lowest BCUT2D eigenvalue weighted by Crippen LogP contribution is -2.28. The maximum atomic E-state index is 12.6. The fourth-order valence-corrected chi connectivity index (χ4v) is 3.18. The SMILES string of the molecule is COc1ccc(C(=O)N[C@@H](c2ccccc2)c2cccs2)cc1. The fraction of sp³-hybridized carbons (Fsp3) is 0.105. The largest absolute Gasteiger partial charge is 0.497 e. The number of amides is 1. The number of hydrogen-bond acceptors (Lipinski definition) is 3. The minimum atomic E-state index is -0.147. The van der Waals surface area contributed by atoms with E-state index in [-0.39, 0.29) is 11.9 Å². The van der Waals surface area contributed by atoms with Crippen molar-refractivity contribution in [1.82, 2.24) is 5.32 Å². The van der Waals surface area contributed by atoms with E-state index in [0.717, 1.165) is 16.2 Å². The quantitative estimate of drug-likeness (QED) is 0.761. The van der Waals surface area contributed by atoms with Crippen LogP contribution in [0, 0.1) is 0 Å². The second-order valence-corrected chi connectivity index (χ2v) is 6.04. The molecule has 3 aromatic rings. The Morgan fingerprint density at radius 2 is 1.74 bits per heavy atom. The van der Waals surface area contributed by atoms with E-state index in [1.165, 1.54) is 0 Å². The third kappa shape index (κ3) is 3.60. The molecule has 1 aromatic heterocycles. The van der Waals surface area contributed by atoms with E-state index in [0.29, 0.717) is 5.56 Å². The van der Waals surface area contributed by atoms with Gasteiger partial charge in [0.2, 0.25) is 0 Å². The number of carbonyl (C=O) groups is 1. The molecule has 1 heterocycles. The van der Waals surface area contributed by atoms with E-state index >= 15 is 0 Å². The molecule has 0 spiro atoms. The van der Waals surface area contributed by atoms with Gasteiger partial charge >= 0.3 is 0 Å². The highest BCUT2D eigenvalue weighted by atomic mass is 32.1. The first kappa shape index (κ1) is 15.3. The molecule has 0 aliphatic rings. The van der Waals surface area contributed by atoms with Gasteiger partial charge in [-0.3, -0.25) is 4.79 Å². The summed E-state index contributed by atoms with van der Waals surface area (Å²) in [5.41, 5.74) is 1.68. The van der Waals surface area contributed by atoms with Crippen LogP contribution in [0.1, 0.15) is 26.8 Å². The molecule has 1 N–H and O–H groups in total. The Labute approximate surface area is 139 Å². The highest BCUT2D eigenvalue weighted by Crippen LogP contribution is 2.26. The molecule has 0 aliphatic heterocycles. The Morgan fingerprint density at radius 1 is 1.00 bits per heavy atom. The van der Waals surface area contributed by atoms with Gasteiger partial charge in [0, 0.05) is 10.4 Å². The van der Waals surface area contributed by atoms with Crippen LogP contribution in [-0.2, 0) is 0 Å². The van der Waals surface area contributed by atoms with Gasteiger partial charge in [-0.1, -0.05) is 36.4 Å². The maximum Gasteiger partial charge on any atom is 0.252 e. The topological polar surface area (TPSA) is 38.3 Å². The van der Waals surface area contributed by atoms with Crippen LogP contribution in [0.25, 0.3) is 0 Å². The number of rotatable bonds is 5. The molecule has 0 saturated carbocycles. The summed E-state index contributed by atoms with van der Waals surface area (Å²) in [5, 5.41) is 5.14.